The third-order valence-corrected chi connectivity index (χ3v) is 3.93. The number of carbonyl (C=O) groups excluding carboxylic acids is 2. The van der Waals surface area contributed by atoms with Crippen LogP contribution in [-0.4, -0.2) is 23.2 Å². The average Bonchev–Trinajstić information content (AvgIpc) is 3.18. The first-order chi connectivity index (χ1) is 11.6. The minimum absolute atomic E-state index is 0.145. The van der Waals surface area contributed by atoms with Crippen molar-refractivity contribution in [1.82, 2.24) is 4.57 Å². The van der Waals surface area contributed by atoms with Gasteiger partial charge in [0.15, 0.2) is 11.5 Å². The molecule has 0 bridgehead atoms. The quantitative estimate of drug-likeness (QED) is 0.786. The van der Waals surface area contributed by atoms with E-state index in [9.17, 15) is 9.59 Å². The number of nitrogens with zero attached hydrogens (tertiary/aromatic N) is 1. The Morgan fingerprint density at radius 2 is 1.88 bits per heavy atom. The van der Waals surface area contributed by atoms with Gasteiger partial charge in [0, 0.05) is 30.3 Å². The van der Waals surface area contributed by atoms with E-state index in [1.807, 2.05) is 24.3 Å². The predicted octanol–water partition coefficient (Wildman–Crippen LogP) is 3.28. The van der Waals surface area contributed by atoms with E-state index in [4.69, 9.17) is 9.47 Å². The molecule has 2 heterocycles. The molecule has 6 nitrogen and oxygen atoms in total. The summed E-state index contributed by atoms with van der Waals surface area (Å²) in [6.07, 6.45) is 1.56. The Bertz CT molecular complexity index is 974. The van der Waals surface area contributed by atoms with Crippen LogP contribution in [0.5, 0.6) is 11.5 Å². The van der Waals surface area contributed by atoms with E-state index in [1.165, 1.54) is 11.5 Å². The van der Waals surface area contributed by atoms with Crippen molar-refractivity contribution in [2.75, 3.05) is 12.1 Å². The molecule has 0 atom stereocenters. The molecule has 3 aromatic rings. The van der Waals surface area contributed by atoms with Crippen LogP contribution in [-0.2, 0) is 0 Å². The molecule has 0 radical (unpaired) electrons. The fourth-order valence-electron chi connectivity index (χ4n) is 2.79. The second-order valence-electron chi connectivity index (χ2n) is 5.47. The maximum Gasteiger partial charge on any atom is 0.257 e. The molecule has 1 amide bonds. The van der Waals surface area contributed by atoms with E-state index >= 15 is 0 Å². The molecular formula is C18H14N2O4. The lowest BCUT2D eigenvalue weighted by atomic mass is 10.1. The monoisotopic (exact) mass is 322 g/mol. The van der Waals surface area contributed by atoms with Crippen molar-refractivity contribution in [3.63, 3.8) is 0 Å². The van der Waals surface area contributed by atoms with Crippen LogP contribution in [0.3, 0.4) is 0 Å². The van der Waals surface area contributed by atoms with Gasteiger partial charge in [-0.05, 0) is 18.2 Å². The van der Waals surface area contributed by atoms with E-state index in [0.29, 0.717) is 28.3 Å². The van der Waals surface area contributed by atoms with Gasteiger partial charge in [-0.3, -0.25) is 14.2 Å². The standard InChI is InChI=1S/C18H14N2O4/c1-11(21)20-9-14(13-4-2-3-5-15(13)20)18(22)19-12-6-7-16-17(8-12)24-10-23-16/h2-9H,10H2,1H3,(H,19,22). The predicted molar refractivity (Wildman–Crippen MR) is 88.8 cm³/mol. The Kier molecular flexibility index (Phi) is 3.23. The first kappa shape index (κ1) is 14.3. The average molecular weight is 322 g/mol. The molecule has 0 spiro atoms. The number of fused-ring (bicyclic) bond motifs is 2. The highest BCUT2D eigenvalue weighted by molar-refractivity contribution is 6.14. The minimum atomic E-state index is -0.287. The Balaban J connectivity index is 1.70. The number of anilines is 1. The third-order valence-electron chi connectivity index (χ3n) is 3.93. The fourth-order valence-corrected chi connectivity index (χ4v) is 2.79. The normalized spacial score (nSPS) is 12.4. The van der Waals surface area contributed by atoms with Crippen LogP contribution in [0.1, 0.15) is 22.1 Å². The molecule has 24 heavy (non-hydrogen) atoms. The molecule has 1 aliphatic rings. The molecule has 0 saturated heterocycles. The summed E-state index contributed by atoms with van der Waals surface area (Å²) in [4.78, 5) is 24.4. The number of ether oxygens (including phenoxy) is 2. The van der Waals surface area contributed by atoms with Gasteiger partial charge in [0.2, 0.25) is 12.7 Å². The highest BCUT2D eigenvalue weighted by atomic mass is 16.7. The largest absolute Gasteiger partial charge is 0.454 e. The summed E-state index contributed by atoms with van der Waals surface area (Å²) in [6.45, 7) is 1.64. The highest BCUT2D eigenvalue weighted by Gasteiger charge is 2.18. The summed E-state index contributed by atoms with van der Waals surface area (Å²) in [5.74, 6) is 0.818. The molecule has 120 valence electrons. The molecule has 0 unspecified atom stereocenters. The number of nitrogens with one attached hydrogen (secondary N) is 1. The second kappa shape index (κ2) is 5.42. The topological polar surface area (TPSA) is 69.6 Å². The SMILES string of the molecule is CC(=O)n1cc(C(=O)Nc2ccc3c(c2)OCO3)c2ccccc21. The van der Waals surface area contributed by atoms with Crippen molar-refractivity contribution in [1.29, 1.82) is 0 Å². The van der Waals surface area contributed by atoms with Gasteiger partial charge in [0.05, 0.1) is 11.1 Å². The van der Waals surface area contributed by atoms with Crippen molar-refractivity contribution < 1.29 is 19.1 Å². The molecule has 0 saturated carbocycles. The Morgan fingerprint density at radius 3 is 2.71 bits per heavy atom. The molecule has 0 fully saturated rings. The maximum atomic E-state index is 12.7. The van der Waals surface area contributed by atoms with Crippen LogP contribution >= 0.6 is 0 Å². The first-order valence-corrected chi connectivity index (χ1v) is 7.45. The fraction of sp³-hybridized carbons (Fsp3) is 0.111. The van der Waals surface area contributed by atoms with Crippen molar-refractivity contribution in [3.8, 4) is 11.5 Å². The number of benzene rings is 2. The summed E-state index contributed by atoms with van der Waals surface area (Å²) in [5.41, 5.74) is 1.75. The van der Waals surface area contributed by atoms with Gasteiger partial charge < -0.3 is 14.8 Å². The number of hydrogen-bond acceptors (Lipinski definition) is 4. The van der Waals surface area contributed by atoms with Crippen LogP contribution in [0.2, 0.25) is 0 Å². The number of hydrogen-bond donors (Lipinski definition) is 1. The molecule has 2 aromatic carbocycles. The van der Waals surface area contributed by atoms with Crippen molar-refractivity contribution >= 4 is 28.4 Å². The van der Waals surface area contributed by atoms with Crippen LogP contribution in [0.25, 0.3) is 10.9 Å². The van der Waals surface area contributed by atoms with Crippen molar-refractivity contribution in [2.45, 2.75) is 6.92 Å². The smallest absolute Gasteiger partial charge is 0.257 e. The van der Waals surface area contributed by atoms with E-state index in [1.54, 1.807) is 24.4 Å². The summed E-state index contributed by atoms with van der Waals surface area (Å²) in [5, 5.41) is 3.56. The van der Waals surface area contributed by atoms with E-state index in [-0.39, 0.29) is 18.6 Å². The molecule has 4 rings (SSSR count). The van der Waals surface area contributed by atoms with Crippen molar-refractivity contribution in [2.24, 2.45) is 0 Å². The Morgan fingerprint density at radius 1 is 1.08 bits per heavy atom. The van der Waals surface area contributed by atoms with Gasteiger partial charge in [-0.1, -0.05) is 18.2 Å². The molecule has 1 N–H and O–H groups in total. The maximum absolute atomic E-state index is 12.7. The number of rotatable bonds is 2. The minimum Gasteiger partial charge on any atom is -0.454 e. The van der Waals surface area contributed by atoms with Crippen LogP contribution in [0.4, 0.5) is 5.69 Å². The number of amides is 1. The number of aromatic nitrogens is 1. The first-order valence-electron chi connectivity index (χ1n) is 7.45. The van der Waals surface area contributed by atoms with Gasteiger partial charge in [0.1, 0.15) is 0 Å². The number of para-hydroxylation sites is 1. The molecule has 0 aliphatic carbocycles. The third kappa shape index (κ3) is 2.28. The lowest BCUT2D eigenvalue weighted by Gasteiger charge is -2.05. The van der Waals surface area contributed by atoms with E-state index in [2.05, 4.69) is 5.32 Å². The molecule has 6 heteroatoms. The lowest BCUT2D eigenvalue weighted by molar-refractivity contribution is 0.0941. The highest BCUT2D eigenvalue weighted by Crippen LogP contribution is 2.34. The molecule has 1 aliphatic heterocycles. The molecule has 1 aromatic heterocycles. The lowest BCUT2D eigenvalue weighted by Crippen LogP contribution is -2.11. The summed E-state index contributed by atoms with van der Waals surface area (Å²) in [7, 11) is 0. The summed E-state index contributed by atoms with van der Waals surface area (Å²) in [6, 6.07) is 12.5. The zero-order chi connectivity index (χ0) is 16.7. The number of carbonyl (C=O) groups is 2. The van der Waals surface area contributed by atoms with Gasteiger partial charge in [0.25, 0.3) is 5.91 Å². The Hall–Kier alpha value is -3.28. The van der Waals surface area contributed by atoms with Gasteiger partial charge in [-0.25, -0.2) is 0 Å². The van der Waals surface area contributed by atoms with Crippen LogP contribution in [0.15, 0.2) is 48.7 Å². The summed E-state index contributed by atoms with van der Waals surface area (Å²) >= 11 is 0. The van der Waals surface area contributed by atoms with Gasteiger partial charge in [-0.15, -0.1) is 0 Å². The molecular weight excluding hydrogens is 308 g/mol. The zero-order valence-corrected chi connectivity index (χ0v) is 12.9. The van der Waals surface area contributed by atoms with E-state index in [0.717, 1.165) is 5.39 Å². The summed E-state index contributed by atoms with van der Waals surface area (Å²) < 4.78 is 12.0. The van der Waals surface area contributed by atoms with E-state index < -0.39 is 0 Å². The van der Waals surface area contributed by atoms with Gasteiger partial charge in [-0.2, -0.15) is 0 Å². The van der Waals surface area contributed by atoms with Crippen LogP contribution in [0, 0.1) is 0 Å². The zero-order valence-electron chi connectivity index (χ0n) is 12.9. The Labute approximate surface area is 137 Å². The van der Waals surface area contributed by atoms with Crippen LogP contribution < -0.4 is 14.8 Å². The van der Waals surface area contributed by atoms with Crippen molar-refractivity contribution in [3.05, 3.63) is 54.2 Å². The second-order valence-corrected chi connectivity index (χ2v) is 5.47. The van der Waals surface area contributed by atoms with Gasteiger partial charge >= 0.3 is 0 Å².